The largest absolute Gasteiger partial charge is 0.356 e. The zero-order chi connectivity index (χ0) is 12.8. The van der Waals surface area contributed by atoms with Crippen LogP contribution in [0.15, 0.2) is 6.20 Å². The number of anilines is 1. The Morgan fingerprint density at radius 3 is 2.88 bits per heavy atom. The number of aryl methyl sites for hydroxylation is 1. The van der Waals surface area contributed by atoms with E-state index in [1.807, 2.05) is 13.1 Å². The molecule has 4 nitrogen and oxygen atoms in total. The van der Waals surface area contributed by atoms with E-state index in [2.05, 4.69) is 28.7 Å². The van der Waals surface area contributed by atoms with E-state index < -0.39 is 10.8 Å². The predicted molar refractivity (Wildman–Crippen MR) is 74.0 cm³/mol. The summed E-state index contributed by atoms with van der Waals surface area (Å²) in [4.78, 5) is 4.46. The monoisotopic (exact) mass is 257 g/mol. The highest BCUT2D eigenvalue weighted by Crippen LogP contribution is 2.16. The minimum atomic E-state index is -0.779. The first-order valence-electron chi connectivity index (χ1n) is 6.14. The SMILES string of the molecule is CCCCNc1nc(C)cn1C(C)CS(C)=O. The molecule has 0 bridgehead atoms. The van der Waals surface area contributed by atoms with Gasteiger partial charge in [0.25, 0.3) is 0 Å². The van der Waals surface area contributed by atoms with Crippen LogP contribution < -0.4 is 5.32 Å². The van der Waals surface area contributed by atoms with Crippen LogP contribution >= 0.6 is 0 Å². The fourth-order valence-corrected chi connectivity index (χ4v) is 2.62. The molecule has 1 N–H and O–H groups in total. The molecule has 1 rings (SSSR count). The summed E-state index contributed by atoms with van der Waals surface area (Å²) >= 11 is 0. The highest BCUT2D eigenvalue weighted by atomic mass is 32.2. The molecule has 0 aromatic carbocycles. The van der Waals surface area contributed by atoms with Gasteiger partial charge in [-0.2, -0.15) is 0 Å². The molecule has 0 radical (unpaired) electrons. The molecule has 1 aromatic rings. The average molecular weight is 257 g/mol. The van der Waals surface area contributed by atoms with Gasteiger partial charge in [-0.25, -0.2) is 4.98 Å². The van der Waals surface area contributed by atoms with Gasteiger partial charge in [-0.05, 0) is 20.3 Å². The van der Waals surface area contributed by atoms with E-state index in [0.717, 1.165) is 24.6 Å². The van der Waals surface area contributed by atoms with Crippen LogP contribution in [0.25, 0.3) is 0 Å². The molecule has 5 heteroatoms. The molecule has 2 unspecified atom stereocenters. The van der Waals surface area contributed by atoms with Gasteiger partial charge in [-0.15, -0.1) is 0 Å². The summed E-state index contributed by atoms with van der Waals surface area (Å²) in [5.74, 6) is 1.56. The molecule has 0 aliphatic rings. The summed E-state index contributed by atoms with van der Waals surface area (Å²) in [7, 11) is -0.779. The standard InChI is InChI=1S/C12H23N3OS/c1-5-6-7-13-12-14-10(2)8-15(12)11(3)9-17(4)16/h8,11H,5-7,9H2,1-4H3,(H,13,14). The van der Waals surface area contributed by atoms with Crippen molar-refractivity contribution in [1.82, 2.24) is 9.55 Å². The van der Waals surface area contributed by atoms with E-state index in [4.69, 9.17) is 0 Å². The van der Waals surface area contributed by atoms with Crippen molar-refractivity contribution in [3.8, 4) is 0 Å². The molecule has 17 heavy (non-hydrogen) atoms. The van der Waals surface area contributed by atoms with Gasteiger partial charge in [0.1, 0.15) is 0 Å². The zero-order valence-electron chi connectivity index (χ0n) is 11.2. The predicted octanol–water partition coefficient (Wildman–Crippen LogP) is 2.34. The van der Waals surface area contributed by atoms with E-state index in [-0.39, 0.29) is 6.04 Å². The Hall–Kier alpha value is -0.840. The lowest BCUT2D eigenvalue weighted by Crippen LogP contribution is -2.16. The summed E-state index contributed by atoms with van der Waals surface area (Å²) < 4.78 is 13.4. The lowest BCUT2D eigenvalue weighted by Gasteiger charge is -2.15. The normalized spacial score (nSPS) is 14.6. The lowest BCUT2D eigenvalue weighted by molar-refractivity contribution is 0.599. The van der Waals surface area contributed by atoms with Gasteiger partial charge in [0.15, 0.2) is 0 Å². The summed E-state index contributed by atoms with van der Waals surface area (Å²) in [5, 5.41) is 3.34. The molecule has 2 atom stereocenters. The second kappa shape index (κ2) is 6.79. The molecule has 0 aliphatic carbocycles. The first-order valence-corrected chi connectivity index (χ1v) is 7.86. The first-order chi connectivity index (χ1) is 8.04. The van der Waals surface area contributed by atoms with Gasteiger partial charge in [-0.3, -0.25) is 4.21 Å². The van der Waals surface area contributed by atoms with Gasteiger partial charge in [0.05, 0.1) is 5.69 Å². The number of nitrogens with zero attached hydrogens (tertiary/aromatic N) is 2. The van der Waals surface area contributed by atoms with E-state index in [9.17, 15) is 4.21 Å². The number of hydrogen-bond donors (Lipinski definition) is 1. The second-order valence-corrected chi connectivity index (χ2v) is 5.96. The molecule has 0 fully saturated rings. The van der Waals surface area contributed by atoms with Gasteiger partial charge < -0.3 is 9.88 Å². The van der Waals surface area contributed by atoms with Crippen LogP contribution in [-0.2, 0) is 10.8 Å². The topological polar surface area (TPSA) is 46.9 Å². The molecule has 0 amide bonds. The van der Waals surface area contributed by atoms with Crippen molar-refractivity contribution in [1.29, 1.82) is 0 Å². The minimum absolute atomic E-state index is 0.214. The molecule has 1 heterocycles. The molecule has 0 saturated heterocycles. The molecule has 0 saturated carbocycles. The number of nitrogens with one attached hydrogen (secondary N) is 1. The Morgan fingerprint density at radius 1 is 1.59 bits per heavy atom. The number of hydrogen-bond acceptors (Lipinski definition) is 3. The van der Waals surface area contributed by atoms with E-state index >= 15 is 0 Å². The maximum atomic E-state index is 11.3. The number of unbranched alkanes of at least 4 members (excludes halogenated alkanes) is 1. The zero-order valence-corrected chi connectivity index (χ0v) is 12.0. The third kappa shape index (κ3) is 4.50. The van der Waals surface area contributed by atoms with Crippen molar-refractivity contribution in [2.24, 2.45) is 0 Å². The van der Waals surface area contributed by atoms with Crippen LogP contribution in [0, 0.1) is 6.92 Å². The van der Waals surface area contributed by atoms with Crippen LogP contribution in [0.3, 0.4) is 0 Å². The first kappa shape index (κ1) is 14.2. The van der Waals surface area contributed by atoms with Crippen LogP contribution in [0.1, 0.15) is 38.4 Å². The summed E-state index contributed by atoms with van der Waals surface area (Å²) in [5.41, 5.74) is 0.998. The number of rotatable bonds is 7. The van der Waals surface area contributed by atoms with E-state index in [0.29, 0.717) is 5.75 Å². The van der Waals surface area contributed by atoms with Crippen molar-refractivity contribution < 1.29 is 4.21 Å². The van der Waals surface area contributed by atoms with E-state index in [1.54, 1.807) is 6.26 Å². The highest BCUT2D eigenvalue weighted by Gasteiger charge is 2.12. The van der Waals surface area contributed by atoms with Gasteiger partial charge in [0.2, 0.25) is 5.95 Å². The van der Waals surface area contributed by atoms with Gasteiger partial charge in [-0.1, -0.05) is 13.3 Å². The molecule has 1 aromatic heterocycles. The van der Waals surface area contributed by atoms with Crippen molar-refractivity contribution >= 4 is 16.7 Å². The number of aromatic nitrogens is 2. The summed E-state index contributed by atoms with van der Waals surface area (Å²) in [6.07, 6.45) is 6.07. The molecule has 0 spiro atoms. The van der Waals surface area contributed by atoms with Crippen LogP contribution in [0.5, 0.6) is 0 Å². The Labute approximate surface area is 106 Å². The fraction of sp³-hybridized carbons (Fsp3) is 0.750. The summed E-state index contributed by atoms with van der Waals surface area (Å²) in [6, 6.07) is 0.214. The van der Waals surface area contributed by atoms with Gasteiger partial charge >= 0.3 is 0 Å². The summed E-state index contributed by atoms with van der Waals surface area (Å²) in [6.45, 7) is 7.17. The van der Waals surface area contributed by atoms with Crippen LogP contribution in [-0.4, -0.2) is 32.3 Å². The van der Waals surface area contributed by atoms with Crippen molar-refractivity contribution in [2.45, 2.75) is 39.7 Å². The maximum Gasteiger partial charge on any atom is 0.203 e. The third-order valence-corrected chi connectivity index (χ3v) is 3.57. The average Bonchev–Trinajstić information content (AvgIpc) is 2.59. The van der Waals surface area contributed by atoms with Crippen LogP contribution in [0.4, 0.5) is 5.95 Å². The molecular weight excluding hydrogens is 234 g/mol. The van der Waals surface area contributed by atoms with Crippen LogP contribution in [0.2, 0.25) is 0 Å². The second-order valence-electron chi connectivity index (χ2n) is 4.48. The quantitative estimate of drug-likeness (QED) is 0.763. The van der Waals surface area contributed by atoms with Gasteiger partial charge in [0, 0.05) is 41.6 Å². The molecular formula is C12H23N3OS. The highest BCUT2D eigenvalue weighted by molar-refractivity contribution is 7.84. The Bertz CT molecular complexity index is 376. The minimum Gasteiger partial charge on any atom is -0.356 e. The smallest absolute Gasteiger partial charge is 0.203 e. The lowest BCUT2D eigenvalue weighted by atomic mass is 10.3. The fourth-order valence-electron chi connectivity index (χ4n) is 1.78. The van der Waals surface area contributed by atoms with Crippen molar-refractivity contribution in [2.75, 3.05) is 23.9 Å². The Balaban J connectivity index is 2.72. The molecule has 0 aliphatic heterocycles. The maximum absolute atomic E-state index is 11.3. The number of imidazole rings is 1. The molecule has 98 valence electrons. The van der Waals surface area contributed by atoms with E-state index in [1.165, 1.54) is 6.42 Å². The van der Waals surface area contributed by atoms with Crippen molar-refractivity contribution in [3.63, 3.8) is 0 Å². The third-order valence-electron chi connectivity index (χ3n) is 2.62. The Kier molecular flexibility index (Phi) is 5.68. The Morgan fingerprint density at radius 2 is 2.29 bits per heavy atom. The van der Waals surface area contributed by atoms with Crippen molar-refractivity contribution in [3.05, 3.63) is 11.9 Å².